The molecule has 5 heterocycles. The van der Waals surface area contributed by atoms with E-state index in [1.807, 2.05) is 29.8 Å². The molecule has 318 valence electrons. The monoisotopic (exact) mass is 819 g/mol. The fraction of sp³-hybridized carbons (Fsp3) is 0.500. The Hall–Kier alpha value is -5.63. The Bertz CT molecular complexity index is 2170. The van der Waals surface area contributed by atoms with Crippen LogP contribution >= 0.6 is 0 Å². The lowest BCUT2D eigenvalue weighted by Gasteiger charge is -2.34. The van der Waals surface area contributed by atoms with E-state index in [1.54, 1.807) is 0 Å². The number of rotatable bonds is 11. The Kier molecular flexibility index (Phi) is 12.3. The smallest absolute Gasteiger partial charge is 0.407 e. The molecule has 4 atom stereocenters. The van der Waals surface area contributed by atoms with Crippen molar-refractivity contribution in [3.05, 3.63) is 77.4 Å². The first-order chi connectivity index (χ1) is 29.1. The fourth-order valence-electron chi connectivity index (χ4n) is 9.78. The first-order valence-electron chi connectivity index (χ1n) is 21.5. The number of benzene rings is 2. The number of imidazole rings is 1. The second kappa shape index (κ2) is 17.9. The minimum atomic E-state index is -0.680. The van der Waals surface area contributed by atoms with Gasteiger partial charge in [-0.2, -0.15) is 0 Å². The molecule has 2 aromatic carbocycles. The van der Waals surface area contributed by atoms with Crippen LogP contribution in [0.15, 0.2) is 54.7 Å². The van der Waals surface area contributed by atoms with Gasteiger partial charge in [-0.15, -0.1) is 0 Å². The zero-order valence-corrected chi connectivity index (χ0v) is 35.1. The molecular weight excluding hydrogens is 763 g/mol. The van der Waals surface area contributed by atoms with Gasteiger partial charge in [-0.25, -0.2) is 14.6 Å². The minimum Gasteiger partial charge on any atom is -0.453 e. The van der Waals surface area contributed by atoms with E-state index < -0.39 is 24.3 Å². The predicted molar refractivity (Wildman–Crippen MR) is 226 cm³/mol. The van der Waals surface area contributed by atoms with Crippen molar-refractivity contribution in [3.63, 3.8) is 0 Å². The highest BCUT2D eigenvalue weighted by molar-refractivity contribution is 5.87. The highest BCUT2D eigenvalue weighted by Gasteiger charge is 2.41. The van der Waals surface area contributed by atoms with Crippen LogP contribution < -0.4 is 10.6 Å². The van der Waals surface area contributed by atoms with E-state index in [4.69, 9.17) is 19.2 Å². The Morgan fingerprint density at radius 1 is 0.717 bits per heavy atom. The molecular formula is C46H57N7O7. The summed E-state index contributed by atoms with van der Waals surface area (Å²) in [6.45, 7) is 6.26. The van der Waals surface area contributed by atoms with Gasteiger partial charge < -0.3 is 44.6 Å². The van der Waals surface area contributed by atoms with E-state index in [2.05, 4.69) is 69.1 Å². The Morgan fingerprint density at radius 3 is 1.95 bits per heavy atom. The molecule has 0 spiro atoms. The van der Waals surface area contributed by atoms with E-state index in [9.17, 15) is 19.2 Å². The maximum atomic E-state index is 14.0. The van der Waals surface area contributed by atoms with Crippen molar-refractivity contribution < 1.29 is 33.4 Å². The first kappa shape index (κ1) is 41.1. The second-order valence-corrected chi connectivity index (χ2v) is 16.9. The molecule has 3 fully saturated rings. The summed E-state index contributed by atoms with van der Waals surface area (Å²) in [5.74, 6) is 0.458. The molecule has 1 aliphatic carbocycles. The largest absolute Gasteiger partial charge is 0.453 e. The van der Waals surface area contributed by atoms with Crippen molar-refractivity contribution >= 4 is 24.0 Å². The number of methoxy groups -OCH3 is 2. The average molecular weight is 820 g/mol. The van der Waals surface area contributed by atoms with Crippen molar-refractivity contribution in [1.82, 2.24) is 35.4 Å². The molecule has 4 N–H and O–H groups in total. The minimum absolute atomic E-state index is 0.0232. The van der Waals surface area contributed by atoms with Crippen LogP contribution in [0.1, 0.15) is 93.5 Å². The number of aromatic amines is 2. The van der Waals surface area contributed by atoms with Gasteiger partial charge in [-0.3, -0.25) is 9.59 Å². The van der Waals surface area contributed by atoms with Gasteiger partial charge >= 0.3 is 12.2 Å². The van der Waals surface area contributed by atoms with E-state index in [1.165, 1.54) is 25.3 Å². The van der Waals surface area contributed by atoms with Gasteiger partial charge in [-0.1, -0.05) is 62.4 Å². The molecule has 4 amide bonds. The average Bonchev–Trinajstić information content (AvgIpc) is 4.13. The van der Waals surface area contributed by atoms with Crippen molar-refractivity contribution in [2.75, 3.05) is 40.5 Å². The van der Waals surface area contributed by atoms with Gasteiger partial charge in [-0.05, 0) is 103 Å². The van der Waals surface area contributed by atoms with Crippen molar-refractivity contribution in [1.29, 1.82) is 0 Å². The van der Waals surface area contributed by atoms with Crippen LogP contribution in [0, 0.1) is 11.8 Å². The van der Waals surface area contributed by atoms with Crippen molar-refractivity contribution in [2.45, 2.75) is 95.8 Å². The number of carbonyl (C=O) groups is 4. The SMILES string of the molecule is COC(=O)NC(C(=O)N1CCCC1c1[nH]c(-c2ccc(-c3ccc(-c4cnc([C@@H]5CCCN5C(=O)C(NC(=O)OC)C5CCOCC5)[nH]4)cc3)cc2)c2c1CCC2)C(C)C. The molecule has 4 aliphatic rings. The topological polar surface area (TPSA) is 171 Å². The summed E-state index contributed by atoms with van der Waals surface area (Å²) in [5, 5.41) is 5.59. The third-order valence-corrected chi connectivity index (χ3v) is 13.0. The molecule has 60 heavy (non-hydrogen) atoms. The van der Waals surface area contributed by atoms with Crippen LogP contribution in [0.5, 0.6) is 0 Å². The zero-order chi connectivity index (χ0) is 41.9. The molecule has 3 saturated heterocycles. The molecule has 14 heteroatoms. The predicted octanol–water partition coefficient (Wildman–Crippen LogP) is 7.09. The van der Waals surface area contributed by atoms with E-state index in [0.717, 1.165) is 90.1 Å². The van der Waals surface area contributed by atoms with Gasteiger partial charge in [0.1, 0.15) is 17.9 Å². The zero-order valence-electron chi connectivity index (χ0n) is 35.1. The van der Waals surface area contributed by atoms with Crippen LogP contribution in [0.4, 0.5) is 9.59 Å². The Labute approximate surface area is 351 Å². The molecule has 3 aliphatic heterocycles. The number of likely N-dealkylation sites (tertiary alicyclic amines) is 2. The maximum absolute atomic E-state index is 14.0. The molecule has 2 aromatic heterocycles. The summed E-state index contributed by atoms with van der Waals surface area (Å²) in [7, 11) is 2.63. The van der Waals surface area contributed by atoms with Crippen LogP contribution in [0.2, 0.25) is 0 Å². The summed E-state index contributed by atoms with van der Waals surface area (Å²) < 4.78 is 15.2. The summed E-state index contributed by atoms with van der Waals surface area (Å²) >= 11 is 0. The van der Waals surface area contributed by atoms with Crippen LogP contribution in [-0.4, -0.2) is 101 Å². The third kappa shape index (κ3) is 8.26. The number of carbonyl (C=O) groups excluding carboxylic acids is 4. The molecule has 0 saturated carbocycles. The molecule has 0 bridgehead atoms. The molecule has 4 aromatic rings. The summed E-state index contributed by atoms with van der Waals surface area (Å²) in [6, 6.07) is 15.5. The lowest BCUT2D eigenvalue weighted by atomic mass is 9.90. The highest BCUT2D eigenvalue weighted by atomic mass is 16.5. The van der Waals surface area contributed by atoms with Crippen molar-refractivity contribution in [3.8, 4) is 33.6 Å². The number of fused-ring (bicyclic) bond motifs is 1. The lowest BCUT2D eigenvalue weighted by Crippen LogP contribution is -2.53. The number of nitrogens with one attached hydrogen (secondary N) is 4. The summed E-state index contributed by atoms with van der Waals surface area (Å²) in [4.78, 5) is 68.1. The molecule has 8 rings (SSSR count). The fourth-order valence-corrected chi connectivity index (χ4v) is 9.78. The van der Waals surface area contributed by atoms with Gasteiger partial charge in [0.25, 0.3) is 0 Å². The Morgan fingerprint density at radius 2 is 1.30 bits per heavy atom. The number of hydrogen-bond donors (Lipinski definition) is 4. The number of alkyl carbamates (subject to hydrolysis) is 2. The molecule has 14 nitrogen and oxygen atoms in total. The Balaban J connectivity index is 0.957. The van der Waals surface area contributed by atoms with Gasteiger partial charge in [0.2, 0.25) is 11.8 Å². The highest BCUT2D eigenvalue weighted by Crippen LogP contribution is 2.43. The lowest BCUT2D eigenvalue weighted by molar-refractivity contribution is -0.137. The van der Waals surface area contributed by atoms with Gasteiger partial charge in [0, 0.05) is 37.7 Å². The van der Waals surface area contributed by atoms with Gasteiger partial charge in [0.15, 0.2) is 0 Å². The second-order valence-electron chi connectivity index (χ2n) is 16.9. The van der Waals surface area contributed by atoms with Gasteiger partial charge in [0.05, 0.1) is 38.2 Å². The third-order valence-electron chi connectivity index (χ3n) is 13.0. The normalized spacial score (nSPS) is 20.2. The molecule has 0 radical (unpaired) electrons. The van der Waals surface area contributed by atoms with E-state index >= 15 is 0 Å². The van der Waals surface area contributed by atoms with Crippen molar-refractivity contribution in [2.24, 2.45) is 11.8 Å². The molecule has 3 unspecified atom stereocenters. The first-order valence-corrected chi connectivity index (χ1v) is 21.5. The van der Waals surface area contributed by atoms with Crippen LogP contribution in [0.25, 0.3) is 33.6 Å². The number of aromatic nitrogens is 3. The van der Waals surface area contributed by atoms with E-state index in [0.29, 0.717) is 39.1 Å². The number of nitrogens with zero attached hydrogens (tertiary/aromatic N) is 3. The van der Waals surface area contributed by atoms with E-state index in [-0.39, 0.29) is 35.7 Å². The number of hydrogen-bond acceptors (Lipinski definition) is 8. The summed E-state index contributed by atoms with van der Waals surface area (Å²) in [5.41, 5.74) is 10.1. The number of amides is 4. The van der Waals surface area contributed by atoms with Crippen LogP contribution in [-0.2, 0) is 36.6 Å². The number of H-pyrrole nitrogens is 2. The maximum Gasteiger partial charge on any atom is 0.407 e. The standard InChI is InChI=1S/C46H57N7O7/c1-27(2)38(50-45(56)58-3)43(54)52-22-6-10-36(52)41-34-9-5-8-33(34)39(49-41)31-18-14-29(15-19-31)28-12-16-30(17-13-28)35-26-47-42(48-35)37-11-7-23-53(37)44(55)40(51-46(57)59-4)32-20-24-60-25-21-32/h12-19,26-27,32,36-38,40,49H,5-11,20-25H2,1-4H3,(H,47,48)(H,50,56)(H,51,57)/t36?,37-,38?,40?/m0/s1. The summed E-state index contributed by atoms with van der Waals surface area (Å²) in [6.07, 6.45) is 8.51. The quantitative estimate of drug-likeness (QED) is 0.124. The van der Waals surface area contributed by atoms with Crippen LogP contribution in [0.3, 0.4) is 0 Å². The number of ether oxygens (including phenoxy) is 3.